The van der Waals surface area contributed by atoms with E-state index in [1.807, 2.05) is 30.3 Å². The Morgan fingerprint density at radius 2 is 1.48 bits per heavy atom. The fraction of sp³-hybridized carbons (Fsp3) is 0.409. The van der Waals surface area contributed by atoms with Crippen LogP contribution in [0.3, 0.4) is 0 Å². The maximum atomic E-state index is 13.1. The van der Waals surface area contributed by atoms with E-state index in [2.05, 4.69) is 10.2 Å². The van der Waals surface area contributed by atoms with Gasteiger partial charge in [0, 0.05) is 37.6 Å². The lowest BCUT2D eigenvalue weighted by atomic mass is 10.1. The number of amides is 1. The molecule has 2 heterocycles. The molecule has 7 heteroatoms. The standard InChI is InChI=1S/C22H27N3O3S/c26-22(23-18-9-3-1-4-10-18)20-17-19(11-12-21(20)24-13-7-8-14-24)29(27,28)25-15-5-2-6-16-25/h1,3-4,9-12,17H,2,5-8,13-16H2,(H,23,26). The lowest BCUT2D eigenvalue weighted by Crippen LogP contribution is -2.35. The summed E-state index contributed by atoms with van der Waals surface area (Å²) in [7, 11) is -3.60. The Morgan fingerprint density at radius 3 is 2.17 bits per heavy atom. The molecule has 0 radical (unpaired) electrons. The fourth-order valence-electron chi connectivity index (χ4n) is 4.07. The SMILES string of the molecule is O=C(Nc1ccccc1)c1cc(S(=O)(=O)N2CCCCC2)ccc1N1CCCC1. The largest absolute Gasteiger partial charge is 0.371 e. The highest BCUT2D eigenvalue weighted by atomic mass is 32.2. The van der Waals surface area contributed by atoms with Crippen LogP contribution in [0.15, 0.2) is 53.4 Å². The van der Waals surface area contributed by atoms with Gasteiger partial charge in [-0.2, -0.15) is 4.31 Å². The monoisotopic (exact) mass is 413 g/mol. The Balaban J connectivity index is 1.69. The van der Waals surface area contributed by atoms with Gasteiger partial charge in [0.15, 0.2) is 0 Å². The number of benzene rings is 2. The summed E-state index contributed by atoms with van der Waals surface area (Å²) in [6, 6.07) is 14.2. The number of rotatable bonds is 5. The van der Waals surface area contributed by atoms with Crippen LogP contribution in [0.2, 0.25) is 0 Å². The van der Waals surface area contributed by atoms with Gasteiger partial charge in [0.2, 0.25) is 10.0 Å². The zero-order valence-electron chi connectivity index (χ0n) is 16.5. The van der Waals surface area contributed by atoms with Crippen LogP contribution in [0.1, 0.15) is 42.5 Å². The van der Waals surface area contributed by atoms with E-state index < -0.39 is 10.0 Å². The van der Waals surface area contributed by atoms with Crippen molar-refractivity contribution in [1.82, 2.24) is 4.31 Å². The van der Waals surface area contributed by atoms with Crippen molar-refractivity contribution in [3.8, 4) is 0 Å². The van der Waals surface area contributed by atoms with E-state index in [9.17, 15) is 13.2 Å². The summed E-state index contributed by atoms with van der Waals surface area (Å²) in [5.41, 5.74) is 1.90. The van der Waals surface area contributed by atoms with Crippen LogP contribution in [0.5, 0.6) is 0 Å². The maximum Gasteiger partial charge on any atom is 0.257 e. The second kappa shape index (κ2) is 8.55. The molecule has 0 bridgehead atoms. The zero-order valence-corrected chi connectivity index (χ0v) is 17.3. The molecule has 2 fully saturated rings. The number of nitrogens with one attached hydrogen (secondary N) is 1. The first-order valence-corrected chi connectivity index (χ1v) is 11.8. The summed E-state index contributed by atoms with van der Waals surface area (Å²) in [6.45, 7) is 2.84. The summed E-state index contributed by atoms with van der Waals surface area (Å²) in [6.07, 6.45) is 4.98. The topological polar surface area (TPSA) is 69.7 Å². The van der Waals surface area contributed by atoms with Crippen LogP contribution in [0.4, 0.5) is 11.4 Å². The van der Waals surface area contributed by atoms with E-state index in [-0.39, 0.29) is 10.8 Å². The minimum Gasteiger partial charge on any atom is -0.371 e. The van der Waals surface area contributed by atoms with Gasteiger partial charge in [0.1, 0.15) is 0 Å². The van der Waals surface area contributed by atoms with Gasteiger partial charge in [-0.3, -0.25) is 4.79 Å². The van der Waals surface area contributed by atoms with Crippen LogP contribution in [-0.4, -0.2) is 44.8 Å². The first-order valence-electron chi connectivity index (χ1n) is 10.3. The highest BCUT2D eigenvalue weighted by Gasteiger charge is 2.28. The van der Waals surface area contributed by atoms with Gasteiger partial charge in [-0.15, -0.1) is 0 Å². The van der Waals surface area contributed by atoms with Crippen molar-refractivity contribution in [2.45, 2.75) is 37.0 Å². The number of hydrogen-bond donors (Lipinski definition) is 1. The molecule has 2 saturated heterocycles. The predicted molar refractivity (Wildman–Crippen MR) is 115 cm³/mol. The molecule has 6 nitrogen and oxygen atoms in total. The van der Waals surface area contributed by atoms with Gasteiger partial charge >= 0.3 is 0 Å². The molecular formula is C22H27N3O3S. The Hall–Kier alpha value is -2.38. The smallest absolute Gasteiger partial charge is 0.257 e. The molecule has 2 aliphatic rings. The third-order valence-electron chi connectivity index (χ3n) is 5.64. The first-order chi connectivity index (χ1) is 14.1. The van der Waals surface area contributed by atoms with Crippen LogP contribution < -0.4 is 10.2 Å². The van der Waals surface area contributed by atoms with Crippen molar-refractivity contribution in [3.63, 3.8) is 0 Å². The quantitative estimate of drug-likeness (QED) is 0.811. The lowest BCUT2D eigenvalue weighted by molar-refractivity contribution is 0.102. The second-order valence-electron chi connectivity index (χ2n) is 7.66. The Morgan fingerprint density at radius 1 is 0.828 bits per heavy atom. The van der Waals surface area contributed by atoms with E-state index in [1.54, 1.807) is 22.5 Å². The number of carbonyl (C=O) groups is 1. The number of carbonyl (C=O) groups excluding carboxylic acids is 1. The molecule has 0 aromatic heterocycles. The predicted octanol–water partition coefficient (Wildman–Crippen LogP) is 3.71. The molecule has 0 atom stereocenters. The van der Waals surface area contributed by atoms with Gasteiger partial charge in [-0.05, 0) is 56.0 Å². The molecule has 4 rings (SSSR count). The Bertz CT molecular complexity index is 964. The van der Waals surface area contributed by atoms with Crippen molar-refractivity contribution in [2.24, 2.45) is 0 Å². The van der Waals surface area contributed by atoms with Crippen LogP contribution in [0.25, 0.3) is 0 Å². The van der Waals surface area contributed by atoms with Gasteiger partial charge in [0.05, 0.1) is 10.5 Å². The van der Waals surface area contributed by atoms with Crippen molar-refractivity contribution < 1.29 is 13.2 Å². The minimum absolute atomic E-state index is 0.195. The third-order valence-corrected chi connectivity index (χ3v) is 7.54. The van der Waals surface area contributed by atoms with Crippen molar-refractivity contribution in [1.29, 1.82) is 0 Å². The first kappa shape index (κ1) is 19.9. The van der Waals surface area contributed by atoms with Crippen LogP contribution in [0, 0.1) is 0 Å². The zero-order chi connectivity index (χ0) is 20.3. The summed E-state index contributed by atoms with van der Waals surface area (Å²) in [5, 5.41) is 2.91. The van der Waals surface area contributed by atoms with Crippen molar-refractivity contribution in [2.75, 3.05) is 36.4 Å². The molecule has 154 valence electrons. The molecule has 0 aliphatic carbocycles. The molecule has 0 saturated carbocycles. The average Bonchev–Trinajstić information content (AvgIpc) is 3.29. The Kier molecular flexibility index (Phi) is 5.87. The van der Waals surface area contributed by atoms with E-state index in [4.69, 9.17) is 0 Å². The number of nitrogens with zero attached hydrogens (tertiary/aromatic N) is 2. The highest BCUT2D eigenvalue weighted by Crippen LogP contribution is 2.30. The van der Waals surface area contributed by atoms with E-state index in [1.165, 1.54) is 0 Å². The number of anilines is 2. The number of hydrogen-bond acceptors (Lipinski definition) is 4. The normalized spacial score (nSPS) is 18.0. The molecule has 2 aliphatic heterocycles. The van der Waals surface area contributed by atoms with Gasteiger partial charge in [0.25, 0.3) is 5.91 Å². The lowest BCUT2D eigenvalue weighted by Gasteiger charge is -2.27. The van der Waals surface area contributed by atoms with Gasteiger partial charge < -0.3 is 10.2 Å². The number of sulfonamides is 1. The van der Waals surface area contributed by atoms with Crippen LogP contribution >= 0.6 is 0 Å². The van der Waals surface area contributed by atoms with E-state index in [0.717, 1.165) is 50.9 Å². The summed E-state index contributed by atoms with van der Waals surface area (Å²) in [5.74, 6) is -0.284. The highest BCUT2D eigenvalue weighted by molar-refractivity contribution is 7.89. The summed E-state index contributed by atoms with van der Waals surface area (Å²) < 4.78 is 27.8. The van der Waals surface area contributed by atoms with Crippen molar-refractivity contribution in [3.05, 3.63) is 54.1 Å². The van der Waals surface area contributed by atoms with E-state index >= 15 is 0 Å². The molecule has 0 spiro atoms. The maximum absolute atomic E-state index is 13.1. The molecular weight excluding hydrogens is 386 g/mol. The Labute approximate surface area is 172 Å². The molecule has 1 N–H and O–H groups in total. The van der Waals surface area contributed by atoms with E-state index in [0.29, 0.717) is 24.3 Å². The number of para-hydroxylation sites is 1. The fourth-order valence-corrected chi connectivity index (χ4v) is 5.61. The second-order valence-corrected chi connectivity index (χ2v) is 9.60. The molecule has 29 heavy (non-hydrogen) atoms. The van der Waals surface area contributed by atoms with Gasteiger partial charge in [-0.1, -0.05) is 24.6 Å². The molecule has 2 aromatic rings. The van der Waals surface area contributed by atoms with Gasteiger partial charge in [-0.25, -0.2) is 8.42 Å². The van der Waals surface area contributed by atoms with Crippen molar-refractivity contribution >= 4 is 27.3 Å². The average molecular weight is 414 g/mol. The summed E-state index contributed by atoms with van der Waals surface area (Å²) >= 11 is 0. The van der Waals surface area contributed by atoms with Crippen LogP contribution in [-0.2, 0) is 10.0 Å². The molecule has 1 amide bonds. The third kappa shape index (κ3) is 4.31. The molecule has 0 unspecified atom stereocenters. The molecule has 2 aromatic carbocycles. The summed E-state index contributed by atoms with van der Waals surface area (Å²) in [4.78, 5) is 15.5. The number of piperidine rings is 1. The minimum atomic E-state index is -3.60.